The number of pyridine rings is 1. The van der Waals surface area contributed by atoms with Crippen LogP contribution in [-0.4, -0.2) is 79.7 Å². The molecule has 14 aromatic rings. The average Bonchev–Trinajstić information content (AvgIpc) is 2.63. The Kier molecular flexibility index (Phi) is 18.8. The smallest absolute Gasteiger partial charge is 0.164 e. The van der Waals surface area contributed by atoms with Gasteiger partial charge in [-0.1, -0.05) is 121 Å². The Morgan fingerprint density at radius 3 is 1.20 bits per heavy atom. The zero-order chi connectivity index (χ0) is 61.7. The van der Waals surface area contributed by atoms with Gasteiger partial charge in [0.1, 0.15) is 75.2 Å². The van der Waals surface area contributed by atoms with Gasteiger partial charge in [-0.2, -0.15) is 0 Å². The predicted molar refractivity (Wildman–Crippen MR) is 342 cm³/mol. The molecule has 14 rings (SSSR count). The lowest BCUT2D eigenvalue weighted by molar-refractivity contribution is 0.628. The highest BCUT2D eigenvalue weighted by atomic mass is 19.1. The topological polar surface area (TPSA) is 219 Å². The van der Waals surface area contributed by atoms with E-state index in [0.29, 0.717) is 34.7 Å². The van der Waals surface area contributed by atoms with Gasteiger partial charge in [-0.15, -0.1) is 0 Å². The second-order valence-corrected chi connectivity index (χ2v) is 20.3. The molecule has 18 heteroatoms. The number of nitrogens with zero attached hydrogens (tertiary/aromatic N) is 16. The number of aryl methyl sites for hydroxylation is 10. The Balaban J connectivity index is 0.000000123. The summed E-state index contributed by atoms with van der Waals surface area (Å²) in [4.78, 5) is 68.2. The molecule has 0 aliphatic carbocycles. The van der Waals surface area contributed by atoms with E-state index in [4.69, 9.17) is 4.42 Å². The molecule has 0 spiro atoms. The Morgan fingerprint density at radius 1 is 0.273 bits per heavy atom. The summed E-state index contributed by atoms with van der Waals surface area (Å²) in [5.74, 6) is 10.3. The maximum absolute atomic E-state index is 13.0. The summed E-state index contributed by atoms with van der Waals surface area (Å²) >= 11 is 0. The van der Waals surface area contributed by atoms with Crippen LogP contribution in [0, 0.1) is 75.1 Å². The molecule has 7 aromatic carbocycles. The van der Waals surface area contributed by atoms with Gasteiger partial charge in [-0.25, -0.2) is 79.2 Å². The molecule has 17 nitrogen and oxygen atoms in total. The second kappa shape index (κ2) is 27.6. The third-order valence-corrected chi connectivity index (χ3v) is 13.2. The van der Waals surface area contributed by atoms with Gasteiger partial charge in [0.15, 0.2) is 29.1 Å². The zero-order valence-corrected chi connectivity index (χ0v) is 50.3. The molecule has 0 N–H and O–H groups in total. The average molecular weight is 1160 g/mol. The molecule has 0 aliphatic rings. The van der Waals surface area contributed by atoms with E-state index in [1.165, 1.54) is 34.0 Å². The van der Waals surface area contributed by atoms with Gasteiger partial charge >= 0.3 is 0 Å². The first-order valence-corrected chi connectivity index (χ1v) is 28.3. The quantitative estimate of drug-likeness (QED) is 0.151. The molecular weight excluding hydrogens is 1100 g/mol. The van der Waals surface area contributed by atoms with Gasteiger partial charge < -0.3 is 4.42 Å². The van der Waals surface area contributed by atoms with Crippen molar-refractivity contribution in [1.82, 2.24) is 79.7 Å². The number of aromatic nitrogens is 16. The number of hydrogen-bond acceptors (Lipinski definition) is 17. The summed E-state index contributed by atoms with van der Waals surface area (Å²) in [5.41, 5.74) is 8.76. The summed E-state index contributed by atoms with van der Waals surface area (Å²) in [6, 6.07) is 57.1. The van der Waals surface area contributed by atoms with E-state index >= 15 is 0 Å². The fourth-order valence-electron chi connectivity index (χ4n) is 9.59. The van der Waals surface area contributed by atoms with Crippen LogP contribution >= 0.6 is 0 Å². The molecule has 434 valence electrons. The fraction of sp³-hybridized carbons (Fsp3) is 0.143. The number of hydrogen-bond donors (Lipinski definition) is 0. The maximum atomic E-state index is 13.0. The Bertz CT molecular complexity index is 4630. The molecule has 0 aliphatic heterocycles. The van der Waals surface area contributed by atoms with Crippen LogP contribution < -0.4 is 0 Å². The van der Waals surface area contributed by atoms with Crippen molar-refractivity contribution in [2.45, 2.75) is 69.2 Å². The first kappa shape index (κ1) is 59.9. The van der Waals surface area contributed by atoms with Crippen LogP contribution in [0.1, 0.15) is 58.2 Å². The standard InChI is InChI=1S/C17H13N3O.C17H15N3.C15H13N3.C11H10FN3.C10H10N4/c1-10-18-11(2)20-17(19-10)12-7-8-16-14(9-12)13-5-3-4-6-15(13)21-16;1-12-18-13(2)20-17(19-12)16-10-6-9-15(11-16)14-7-4-3-5-8-14;1-10-16-11(2)18-15(17-10)14-9-5-7-12-6-3-4-8-13(12)14;1-7-13-8(2)15-11(14-7)9-4-3-5-10(12)6-9;1-7-12-8(2)14-10(13-7)9-4-3-5-11-6-9/h3-9H,1-2H3;3-11H,1-2H3;3-9H,1-2H3;3-6H,1-2H3;3-6H,1-2H3. The molecule has 0 amide bonds. The molecule has 7 aromatic heterocycles. The van der Waals surface area contributed by atoms with Crippen molar-refractivity contribution in [3.05, 3.63) is 252 Å². The third kappa shape index (κ3) is 15.5. The van der Waals surface area contributed by atoms with Gasteiger partial charge in [0, 0.05) is 51.0 Å². The largest absolute Gasteiger partial charge is 0.456 e. The highest BCUT2D eigenvalue weighted by Crippen LogP contribution is 2.32. The minimum atomic E-state index is -0.289. The summed E-state index contributed by atoms with van der Waals surface area (Å²) in [6.07, 6.45) is 3.47. The Hall–Kier alpha value is -11.3. The van der Waals surface area contributed by atoms with Crippen molar-refractivity contribution >= 4 is 32.7 Å². The number of fused-ring (bicyclic) bond motifs is 4. The van der Waals surface area contributed by atoms with E-state index in [9.17, 15) is 4.39 Å². The zero-order valence-electron chi connectivity index (χ0n) is 50.3. The van der Waals surface area contributed by atoms with E-state index in [-0.39, 0.29) is 5.82 Å². The van der Waals surface area contributed by atoms with E-state index < -0.39 is 0 Å². The lowest BCUT2D eigenvalue weighted by atomic mass is 10.0. The van der Waals surface area contributed by atoms with Crippen LogP contribution in [0.2, 0.25) is 0 Å². The minimum absolute atomic E-state index is 0.289. The molecule has 7 heterocycles. The van der Waals surface area contributed by atoms with Gasteiger partial charge in [-0.3, -0.25) is 4.98 Å². The van der Waals surface area contributed by atoms with Crippen LogP contribution in [0.15, 0.2) is 193 Å². The van der Waals surface area contributed by atoms with Crippen LogP contribution in [0.3, 0.4) is 0 Å². The summed E-state index contributed by atoms with van der Waals surface area (Å²) in [7, 11) is 0. The molecule has 88 heavy (non-hydrogen) atoms. The monoisotopic (exact) mass is 1160 g/mol. The number of benzene rings is 7. The first-order chi connectivity index (χ1) is 42.6. The van der Waals surface area contributed by atoms with Gasteiger partial charge in [0.05, 0.1) is 0 Å². The van der Waals surface area contributed by atoms with Crippen LogP contribution in [-0.2, 0) is 0 Å². The number of halogens is 1. The second-order valence-electron chi connectivity index (χ2n) is 20.3. The van der Waals surface area contributed by atoms with E-state index in [1.54, 1.807) is 38.4 Å². The maximum Gasteiger partial charge on any atom is 0.164 e. The van der Waals surface area contributed by atoms with Gasteiger partial charge in [-0.05, 0) is 146 Å². The van der Waals surface area contributed by atoms with Crippen molar-refractivity contribution in [3.8, 4) is 68.1 Å². The first-order valence-electron chi connectivity index (χ1n) is 28.3. The van der Waals surface area contributed by atoms with Crippen LogP contribution in [0.5, 0.6) is 0 Å². The minimum Gasteiger partial charge on any atom is -0.456 e. The van der Waals surface area contributed by atoms with Gasteiger partial charge in [0.2, 0.25) is 0 Å². The highest BCUT2D eigenvalue weighted by molar-refractivity contribution is 6.06. The molecule has 0 radical (unpaired) electrons. The van der Waals surface area contributed by atoms with E-state index in [2.05, 4.69) is 140 Å². The van der Waals surface area contributed by atoms with Crippen LogP contribution in [0.4, 0.5) is 4.39 Å². The van der Waals surface area contributed by atoms with Gasteiger partial charge in [0.25, 0.3) is 0 Å². The van der Waals surface area contributed by atoms with E-state index in [0.717, 1.165) is 102 Å². The molecule has 0 fully saturated rings. The van der Waals surface area contributed by atoms with Crippen molar-refractivity contribution < 1.29 is 8.81 Å². The fourth-order valence-corrected chi connectivity index (χ4v) is 9.59. The Morgan fingerprint density at radius 2 is 0.670 bits per heavy atom. The normalized spacial score (nSPS) is 10.7. The predicted octanol–water partition coefficient (Wildman–Crippen LogP) is 15.0. The molecule has 0 saturated carbocycles. The number of rotatable bonds is 6. The lowest BCUT2D eigenvalue weighted by Crippen LogP contribution is -1.99. The molecule has 0 atom stereocenters. The molecule has 0 saturated heterocycles. The SMILES string of the molecule is Cc1nc(C)nc(-c2ccc3oc4ccccc4c3c2)n1.Cc1nc(C)nc(-c2cccc(-c3ccccc3)c2)n1.Cc1nc(C)nc(-c2cccc(F)c2)n1.Cc1nc(C)nc(-c2cccc3ccccc23)n1.Cc1nc(C)nc(-c2cccnc2)n1. The number of furan rings is 1. The van der Waals surface area contributed by atoms with Crippen LogP contribution in [0.25, 0.3) is 101 Å². The van der Waals surface area contributed by atoms with Crippen molar-refractivity contribution in [2.24, 2.45) is 0 Å². The Labute approximate surface area is 508 Å². The van der Waals surface area contributed by atoms with E-state index in [1.807, 2.05) is 146 Å². The lowest BCUT2D eigenvalue weighted by Gasteiger charge is -2.06. The molecule has 0 bridgehead atoms. The number of para-hydroxylation sites is 1. The summed E-state index contributed by atoms with van der Waals surface area (Å²) in [5, 5.41) is 4.56. The highest BCUT2D eigenvalue weighted by Gasteiger charge is 2.13. The molecule has 0 unspecified atom stereocenters. The van der Waals surface area contributed by atoms with Crippen molar-refractivity contribution in [2.75, 3.05) is 0 Å². The van der Waals surface area contributed by atoms with Crippen molar-refractivity contribution in [1.29, 1.82) is 0 Å². The summed E-state index contributed by atoms with van der Waals surface area (Å²) < 4.78 is 18.8. The summed E-state index contributed by atoms with van der Waals surface area (Å²) in [6.45, 7) is 18.6. The van der Waals surface area contributed by atoms with Crippen molar-refractivity contribution in [3.63, 3.8) is 0 Å². The third-order valence-electron chi connectivity index (χ3n) is 13.2. The molecular formula is C70H61FN16O.